The van der Waals surface area contributed by atoms with Crippen molar-refractivity contribution in [2.75, 3.05) is 25.0 Å². The molecule has 0 saturated carbocycles. The van der Waals surface area contributed by atoms with Crippen LogP contribution in [0.15, 0.2) is 12.3 Å². The van der Waals surface area contributed by atoms with Gasteiger partial charge in [-0.1, -0.05) is 6.42 Å². The molecular formula is C18H26N6O2S2. The van der Waals surface area contributed by atoms with Crippen molar-refractivity contribution in [1.29, 1.82) is 0 Å². The first kappa shape index (κ1) is 19.7. The molecule has 0 aliphatic carbocycles. The largest absolute Gasteiger partial charge is 0.316 e. The van der Waals surface area contributed by atoms with Crippen LogP contribution in [0.5, 0.6) is 0 Å². The van der Waals surface area contributed by atoms with Crippen molar-refractivity contribution >= 4 is 32.5 Å². The Morgan fingerprint density at radius 1 is 1.11 bits per heavy atom. The Morgan fingerprint density at radius 3 is 2.61 bits per heavy atom. The first-order chi connectivity index (χ1) is 13.4. The molecule has 1 atom stereocenters. The quantitative estimate of drug-likeness (QED) is 0.796. The highest BCUT2D eigenvalue weighted by molar-refractivity contribution is 7.86. The third-order valence-electron chi connectivity index (χ3n) is 5.20. The summed E-state index contributed by atoms with van der Waals surface area (Å²) in [6.45, 7) is 5.61. The summed E-state index contributed by atoms with van der Waals surface area (Å²) in [7, 11) is -3.46. The standard InChI is InChI=1S/C18H26N6O2S2/c1-13-12-19-18(27-13)22-17-11-15(20-14(2)21-17)16-7-6-10-24(16)28(25,26)23-8-4-3-5-9-23/h11-12,16H,3-10H2,1-2H3,(H,19,20,21,22)/t16-/m1/s1. The van der Waals surface area contributed by atoms with Crippen LogP contribution in [0.2, 0.25) is 0 Å². The van der Waals surface area contributed by atoms with Crippen LogP contribution < -0.4 is 5.32 Å². The van der Waals surface area contributed by atoms with E-state index >= 15 is 0 Å². The van der Waals surface area contributed by atoms with Crippen LogP contribution in [0.3, 0.4) is 0 Å². The van der Waals surface area contributed by atoms with Crippen LogP contribution >= 0.6 is 11.3 Å². The number of nitrogens with one attached hydrogen (secondary N) is 1. The van der Waals surface area contributed by atoms with Crippen LogP contribution in [-0.2, 0) is 10.2 Å². The Balaban J connectivity index is 1.60. The number of piperidine rings is 1. The molecule has 28 heavy (non-hydrogen) atoms. The highest BCUT2D eigenvalue weighted by atomic mass is 32.2. The second kappa shape index (κ2) is 8.02. The van der Waals surface area contributed by atoms with E-state index in [9.17, 15) is 8.42 Å². The third kappa shape index (κ3) is 4.05. The van der Waals surface area contributed by atoms with Gasteiger partial charge >= 0.3 is 0 Å². The monoisotopic (exact) mass is 422 g/mol. The minimum Gasteiger partial charge on any atom is -0.316 e. The van der Waals surface area contributed by atoms with E-state index in [-0.39, 0.29) is 6.04 Å². The van der Waals surface area contributed by atoms with E-state index in [0.717, 1.165) is 47.8 Å². The molecule has 2 saturated heterocycles. The number of rotatable bonds is 5. The van der Waals surface area contributed by atoms with Gasteiger partial charge in [-0.05, 0) is 39.5 Å². The highest BCUT2D eigenvalue weighted by Crippen LogP contribution is 2.36. The molecule has 2 aromatic rings. The maximum absolute atomic E-state index is 13.2. The zero-order valence-electron chi connectivity index (χ0n) is 16.3. The summed E-state index contributed by atoms with van der Waals surface area (Å²) in [5, 5.41) is 3.99. The number of aryl methyl sites for hydroxylation is 2. The molecule has 2 aliphatic rings. The molecule has 4 heterocycles. The smallest absolute Gasteiger partial charge is 0.282 e. The number of hydrogen-bond donors (Lipinski definition) is 1. The van der Waals surface area contributed by atoms with Crippen LogP contribution in [0.25, 0.3) is 0 Å². The molecule has 0 amide bonds. The Labute approximate surface area is 170 Å². The highest BCUT2D eigenvalue weighted by Gasteiger charge is 2.40. The second-order valence-electron chi connectivity index (χ2n) is 7.36. The van der Waals surface area contributed by atoms with Crippen LogP contribution in [0.4, 0.5) is 10.9 Å². The molecular weight excluding hydrogens is 396 g/mol. The lowest BCUT2D eigenvalue weighted by Crippen LogP contribution is -2.45. The lowest BCUT2D eigenvalue weighted by Gasteiger charge is -2.32. The zero-order chi connectivity index (χ0) is 19.7. The molecule has 2 aliphatic heterocycles. The molecule has 0 aromatic carbocycles. The van der Waals surface area contributed by atoms with Crippen molar-refractivity contribution in [3.8, 4) is 0 Å². The average molecular weight is 423 g/mol. The second-order valence-corrected chi connectivity index (χ2v) is 10.5. The summed E-state index contributed by atoms with van der Waals surface area (Å²) in [4.78, 5) is 14.5. The Kier molecular flexibility index (Phi) is 5.64. The summed E-state index contributed by atoms with van der Waals surface area (Å²) in [6.07, 6.45) is 6.41. The van der Waals surface area contributed by atoms with Crippen molar-refractivity contribution in [3.63, 3.8) is 0 Å². The van der Waals surface area contributed by atoms with Gasteiger partial charge in [-0.25, -0.2) is 15.0 Å². The summed E-state index contributed by atoms with van der Waals surface area (Å²) in [5.74, 6) is 1.27. The normalized spacial score (nSPS) is 21.9. The summed E-state index contributed by atoms with van der Waals surface area (Å²) in [5.41, 5.74) is 0.751. The van der Waals surface area contributed by atoms with Gasteiger partial charge in [0.15, 0.2) is 5.13 Å². The fraction of sp³-hybridized carbons (Fsp3) is 0.611. The summed E-state index contributed by atoms with van der Waals surface area (Å²) in [6, 6.07) is 1.62. The summed E-state index contributed by atoms with van der Waals surface area (Å²) < 4.78 is 29.7. The van der Waals surface area contributed by atoms with Gasteiger partial charge in [0, 0.05) is 36.8 Å². The average Bonchev–Trinajstić information content (AvgIpc) is 3.31. The van der Waals surface area contributed by atoms with Crippen molar-refractivity contribution in [2.24, 2.45) is 0 Å². The summed E-state index contributed by atoms with van der Waals surface area (Å²) >= 11 is 1.55. The minimum atomic E-state index is -3.46. The number of hydrogen-bond acceptors (Lipinski definition) is 7. The van der Waals surface area contributed by atoms with Gasteiger partial charge in [-0.15, -0.1) is 11.3 Å². The topological polar surface area (TPSA) is 91.3 Å². The predicted molar refractivity (Wildman–Crippen MR) is 110 cm³/mol. The van der Waals surface area contributed by atoms with Gasteiger partial charge in [-0.2, -0.15) is 17.0 Å². The predicted octanol–water partition coefficient (Wildman–Crippen LogP) is 3.16. The number of nitrogens with zero attached hydrogens (tertiary/aromatic N) is 5. The van der Waals surface area contributed by atoms with E-state index in [2.05, 4.69) is 20.3 Å². The van der Waals surface area contributed by atoms with Crippen LogP contribution in [-0.4, -0.2) is 51.6 Å². The molecule has 10 heteroatoms. The van der Waals surface area contributed by atoms with Crippen molar-refractivity contribution in [2.45, 2.75) is 52.0 Å². The van der Waals surface area contributed by atoms with Gasteiger partial charge in [0.25, 0.3) is 10.2 Å². The maximum atomic E-state index is 13.2. The van der Waals surface area contributed by atoms with Crippen LogP contribution in [0, 0.1) is 13.8 Å². The molecule has 0 unspecified atom stereocenters. The molecule has 0 radical (unpaired) electrons. The minimum absolute atomic E-state index is 0.243. The van der Waals surface area contributed by atoms with Crippen molar-refractivity contribution in [3.05, 3.63) is 28.7 Å². The Morgan fingerprint density at radius 2 is 1.89 bits per heavy atom. The van der Waals surface area contributed by atoms with Crippen molar-refractivity contribution in [1.82, 2.24) is 23.6 Å². The first-order valence-corrected chi connectivity index (χ1v) is 12.0. The van der Waals surface area contributed by atoms with E-state index < -0.39 is 10.2 Å². The van der Waals surface area contributed by atoms with Gasteiger partial charge in [0.05, 0.1) is 11.7 Å². The molecule has 4 rings (SSSR count). The van der Waals surface area contributed by atoms with Gasteiger partial charge in [0.1, 0.15) is 11.6 Å². The molecule has 0 spiro atoms. The first-order valence-electron chi connectivity index (χ1n) is 9.75. The van der Waals surface area contributed by atoms with Crippen LogP contribution in [0.1, 0.15) is 54.5 Å². The number of thiazole rings is 1. The van der Waals surface area contributed by atoms with Gasteiger partial charge < -0.3 is 5.32 Å². The lowest BCUT2D eigenvalue weighted by atomic mass is 10.1. The molecule has 2 aromatic heterocycles. The van der Waals surface area contributed by atoms with Gasteiger partial charge in [-0.3, -0.25) is 0 Å². The maximum Gasteiger partial charge on any atom is 0.282 e. The van der Waals surface area contributed by atoms with Gasteiger partial charge in [0.2, 0.25) is 0 Å². The lowest BCUT2D eigenvalue weighted by molar-refractivity contribution is 0.294. The Bertz CT molecular complexity index is 939. The fourth-order valence-electron chi connectivity index (χ4n) is 3.90. The van der Waals surface area contributed by atoms with E-state index in [1.54, 1.807) is 19.9 Å². The number of aromatic nitrogens is 3. The SMILES string of the molecule is Cc1nc(Nc2ncc(C)s2)cc([C@H]2CCCN2S(=O)(=O)N2CCCCC2)n1. The number of anilines is 2. The van der Waals surface area contributed by atoms with E-state index in [1.807, 2.05) is 26.1 Å². The van der Waals surface area contributed by atoms with Crippen molar-refractivity contribution < 1.29 is 8.42 Å². The fourth-order valence-corrected chi connectivity index (χ4v) is 6.49. The van der Waals surface area contributed by atoms with E-state index in [4.69, 9.17) is 0 Å². The third-order valence-corrected chi connectivity index (χ3v) is 8.07. The van der Waals surface area contributed by atoms with E-state index in [0.29, 0.717) is 31.3 Å². The molecule has 2 fully saturated rings. The molecule has 1 N–H and O–H groups in total. The molecule has 8 nitrogen and oxygen atoms in total. The van der Waals surface area contributed by atoms with E-state index in [1.165, 1.54) is 0 Å². The molecule has 152 valence electrons. The Hall–Kier alpha value is -1.62. The zero-order valence-corrected chi connectivity index (χ0v) is 17.9. The molecule has 0 bridgehead atoms.